The lowest BCUT2D eigenvalue weighted by molar-refractivity contribution is -0.115. The number of rotatable bonds is 2. The zero-order chi connectivity index (χ0) is 14.3. The Morgan fingerprint density at radius 2 is 1.90 bits per heavy atom. The number of fused-ring (bicyclic) bond motifs is 1. The van der Waals surface area contributed by atoms with Gasteiger partial charge in [-0.2, -0.15) is 0 Å². The number of halogens is 1. The van der Waals surface area contributed by atoms with Gasteiger partial charge in [-0.25, -0.2) is 4.39 Å². The van der Waals surface area contributed by atoms with Crippen molar-refractivity contribution in [3.8, 4) is 0 Å². The Hall–Kier alpha value is -2.20. The average molecular weight is 270 g/mol. The van der Waals surface area contributed by atoms with E-state index in [0.717, 1.165) is 22.4 Å². The van der Waals surface area contributed by atoms with Crippen molar-refractivity contribution in [2.75, 3.05) is 5.32 Å². The number of amides is 1. The molecule has 0 fully saturated rings. The summed E-state index contributed by atoms with van der Waals surface area (Å²) in [4.78, 5) is 11.3. The summed E-state index contributed by atoms with van der Waals surface area (Å²) >= 11 is 0. The Morgan fingerprint density at radius 1 is 1.20 bits per heavy atom. The molecule has 1 aliphatic heterocycles. The van der Waals surface area contributed by atoms with E-state index in [2.05, 4.69) is 5.32 Å². The lowest BCUT2D eigenvalue weighted by atomic mass is 9.96. The van der Waals surface area contributed by atoms with Gasteiger partial charge in [-0.1, -0.05) is 24.3 Å². The SMILES string of the molecule is Cc1cc(C(N)c2ccc3c(c2)CC(=O)N3)ccc1F. The van der Waals surface area contributed by atoms with Gasteiger partial charge in [-0.15, -0.1) is 0 Å². The van der Waals surface area contributed by atoms with Crippen LogP contribution in [-0.2, 0) is 11.2 Å². The zero-order valence-corrected chi connectivity index (χ0v) is 11.1. The fourth-order valence-electron chi connectivity index (χ4n) is 2.50. The number of hydrogen-bond donors (Lipinski definition) is 2. The smallest absolute Gasteiger partial charge is 0.228 e. The van der Waals surface area contributed by atoms with Gasteiger partial charge in [-0.3, -0.25) is 4.79 Å². The number of anilines is 1. The van der Waals surface area contributed by atoms with E-state index in [-0.39, 0.29) is 17.8 Å². The Labute approximate surface area is 116 Å². The van der Waals surface area contributed by atoms with Crippen LogP contribution >= 0.6 is 0 Å². The van der Waals surface area contributed by atoms with Crippen LogP contribution in [-0.4, -0.2) is 5.91 Å². The highest BCUT2D eigenvalue weighted by Crippen LogP contribution is 2.28. The average Bonchev–Trinajstić information content (AvgIpc) is 2.80. The van der Waals surface area contributed by atoms with Gasteiger partial charge in [0.1, 0.15) is 5.82 Å². The Bertz CT molecular complexity index is 697. The first-order valence-electron chi connectivity index (χ1n) is 6.49. The fraction of sp³-hybridized carbons (Fsp3) is 0.188. The molecule has 0 aromatic heterocycles. The molecule has 0 bridgehead atoms. The van der Waals surface area contributed by atoms with Crippen molar-refractivity contribution in [1.29, 1.82) is 0 Å². The third kappa shape index (κ3) is 2.18. The van der Waals surface area contributed by atoms with Crippen LogP contribution in [0.15, 0.2) is 36.4 Å². The summed E-state index contributed by atoms with van der Waals surface area (Å²) in [6.45, 7) is 1.72. The predicted octanol–water partition coefficient (Wildman–Crippen LogP) is 2.68. The van der Waals surface area contributed by atoms with E-state index in [4.69, 9.17) is 5.73 Å². The van der Waals surface area contributed by atoms with Crippen LogP contribution in [0.1, 0.15) is 28.3 Å². The van der Waals surface area contributed by atoms with Crippen LogP contribution in [0.2, 0.25) is 0 Å². The molecule has 3 rings (SSSR count). The van der Waals surface area contributed by atoms with Crippen LogP contribution in [0.3, 0.4) is 0 Å². The van der Waals surface area contributed by atoms with Crippen LogP contribution < -0.4 is 11.1 Å². The van der Waals surface area contributed by atoms with E-state index >= 15 is 0 Å². The molecule has 0 aliphatic carbocycles. The van der Waals surface area contributed by atoms with E-state index in [1.165, 1.54) is 6.07 Å². The molecule has 1 aliphatic rings. The summed E-state index contributed by atoms with van der Waals surface area (Å²) in [7, 11) is 0. The lowest BCUT2D eigenvalue weighted by Gasteiger charge is -2.14. The molecule has 0 saturated heterocycles. The van der Waals surface area contributed by atoms with E-state index in [1.54, 1.807) is 19.1 Å². The summed E-state index contributed by atoms with van der Waals surface area (Å²) in [6, 6.07) is 10.3. The van der Waals surface area contributed by atoms with E-state index in [1.807, 2.05) is 18.2 Å². The van der Waals surface area contributed by atoms with Crippen molar-refractivity contribution in [2.45, 2.75) is 19.4 Å². The molecule has 0 saturated carbocycles. The highest BCUT2D eigenvalue weighted by molar-refractivity contribution is 5.99. The summed E-state index contributed by atoms with van der Waals surface area (Å²) in [5, 5.41) is 2.79. The molecule has 0 radical (unpaired) electrons. The topological polar surface area (TPSA) is 55.1 Å². The second-order valence-corrected chi connectivity index (χ2v) is 5.13. The second-order valence-electron chi connectivity index (χ2n) is 5.13. The molecule has 4 heteroatoms. The van der Waals surface area contributed by atoms with Gasteiger partial charge in [0.2, 0.25) is 5.91 Å². The molecule has 3 nitrogen and oxygen atoms in total. The Kier molecular flexibility index (Phi) is 3.03. The monoisotopic (exact) mass is 270 g/mol. The van der Waals surface area contributed by atoms with Crippen molar-refractivity contribution in [2.24, 2.45) is 5.73 Å². The van der Waals surface area contributed by atoms with Crippen LogP contribution in [0.25, 0.3) is 0 Å². The summed E-state index contributed by atoms with van der Waals surface area (Å²) < 4.78 is 13.3. The molecule has 1 atom stereocenters. The lowest BCUT2D eigenvalue weighted by Crippen LogP contribution is -2.12. The minimum atomic E-state index is -0.324. The molecule has 1 unspecified atom stereocenters. The second kappa shape index (κ2) is 4.72. The summed E-state index contributed by atoms with van der Waals surface area (Å²) in [5.74, 6) is -0.229. The molecular formula is C16H15FN2O. The summed E-state index contributed by atoms with van der Waals surface area (Å²) in [6.07, 6.45) is 0.387. The number of carbonyl (C=O) groups excluding carboxylic acids is 1. The Balaban J connectivity index is 1.94. The van der Waals surface area contributed by atoms with Gasteiger partial charge in [0, 0.05) is 5.69 Å². The first-order valence-corrected chi connectivity index (χ1v) is 6.49. The number of aryl methyl sites for hydroxylation is 1. The fourth-order valence-corrected chi connectivity index (χ4v) is 2.50. The first kappa shape index (κ1) is 12.8. The summed E-state index contributed by atoms with van der Waals surface area (Å²) in [5.41, 5.74) is 10.4. The quantitative estimate of drug-likeness (QED) is 0.881. The maximum Gasteiger partial charge on any atom is 0.228 e. The van der Waals surface area contributed by atoms with Crippen LogP contribution in [0.4, 0.5) is 10.1 Å². The van der Waals surface area contributed by atoms with Gasteiger partial charge in [-0.05, 0) is 41.3 Å². The van der Waals surface area contributed by atoms with E-state index < -0.39 is 0 Å². The van der Waals surface area contributed by atoms with Crippen molar-refractivity contribution in [3.05, 3.63) is 64.5 Å². The first-order chi connectivity index (χ1) is 9.54. The van der Waals surface area contributed by atoms with Crippen molar-refractivity contribution >= 4 is 11.6 Å². The number of nitrogens with two attached hydrogens (primary N) is 1. The normalized spacial score (nSPS) is 14.8. The molecule has 2 aromatic rings. The van der Waals surface area contributed by atoms with Crippen molar-refractivity contribution < 1.29 is 9.18 Å². The van der Waals surface area contributed by atoms with Crippen LogP contribution in [0, 0.1) is 12.7 Å². The van der Waals surface area contributed by atoms with Gasteiger partial charge < -0.3 is 11.1 Å². The largest absolute Gasteiger partial charge is 0.326 e. The molecular weight excluding hydrogens is 255 g/mol. The maximum absolute atomic E-state index is 13.3. The highest BCUT2D eigenvalue weighted by atomic mass is 19.1. The van der Waals surface area contributed by atoms with Crippen molar-refractivity contribution in [3.63, 3.8) is 0 Å². The predicted molar refractivity (Wildman–Crippen MR) is 75.9 cm³/mol. The number of carbonyl (C=O) groups is 1. The molecule has 20 heavy (non-hydrogen) atoms. The molecule has 0 spiro atoms. The molecule has 102 valence electrons. The highest BCUT2D eigenvalue weighted by Gasteiger charge is 2.19. The standard InChI is InChI=1S/C16H15FN2O/c1-9-6-10(2-4-13(9)17)16(18)11-3-5-14-12(7-11)8-15(20)19-14/h2-7,16H,8,18H2,1H3,(H,19,20). The van der Waals surface area contributed by atoms with Crippen molar-refractivity contribution in [1.82, 2.24) is 0 Å². The zero-order valence-electron chi connectivity index (χ0n) is 11.1. The van der Waals surface area contributed by atoms with Gasteiger partial charge in [0.25, 0.3) is 0 Å². The number of benzene rings is 2. The van der Waals surface area contributed by atoms with Gasteiger partial charge in [0.05, 0.1) is 12.5 Å². The third-order valence-electron chi connectivity index (χ3n) is 3.65. The van der Waals surface area contributed by atoms with Gasteiger partial charge >= 0.3 is 0 Å². The minimum absolute atomic E-state index is 0.00310. The number of nitrogens with one attached hydrogen (secondary N) is 1. The molecule has 2 aromatic carbocycles. The minimum Gasteiger partial charge on any atom is -0.326 e. The molecule has 1 heterocycles. The Morgan fingerprint density at radius 3 is 2.65 bits per heavy atom. The van der Waals surface area contributed by atoms with Crippen LogP contribution in [0.5, 0.6) is 0 Å². The molecule has 3 N–H and O–H groups in total. The molecule has 1 amide bonds. The maximum atomic E-state index is 13.3. The van der Waals surface area contributed by atoms with E-state index in [0.29, 0.717) is 12.0 Å². The third-order valence-corrected chi connectivity index (χ3v) is 3.65. The number of hydrogen-bond acceptors (Lipinski definition) is 2. The van der Waals surface area contributed by atoms with E-state index in [9.17, 15) is 9.18 Å². The van der Waals surface area contributed by atoms with Gasteiger partial charge in [0.15, 0.2) is 0 Å².